The van der Waals surface area contributed by atoms with Crippen molar-refractivity contribution in [2.75, 3.05) is 5.33 Å². The van der Waals surface area contributed by atoms with E-state index in [9.17, 15) is 4.79 Å². The van der Waals surface area contributed by atoms with Crippen molar-refractivity contribution in [3.05, 3.63) is 0 Å². The molecule has 2 fully saturated rings. The van der Waals surface area contributed by atoms with Crippen molar-refractivity contribution in [2.24, 2.45) is 21.9 Å². The molecule has 0 heterocycles. The van der Waals surface area contributed by atoms with E-state index >= 15 is 0 Å². The highest BCUT2D eigenvalue weighted by Gasteiger charge is 2.67. The molecule has 0 aromatic carbocycles. The zero-order chi connectivity index (χ0) is 10.6. The zero-order valence-corrected chi connectivity index (χ0v) is 9.97. The third kappa shape index (κ3) is 0.835. The van der Waals surface area contributed by atoms with Crippen molar-refractivity contribution in [3.63, 3.8) is 0 Å². The Morgan fingerprint density at radius 3 is 2.64 bits per heavy atom. The number of nitrogens with zero attached hydrogens (tertiary/aromatic N) is 1. The predicted molar refractivity (Wildman–Crippen MR) is 57.0 cm³/mol. The van der Waals surface area contributed by atoms with Crippen LogP contribution in [0.15, 0.2) is 5.16 Å². The lowest BCUT2D eigenvalue weighted by Crippen LogP contribution is -2.36. The third-order valence-electron chi connectivity index (χ3n) is 4.41. The van der Waals surface area contributed by atoms with Gasteiger partial charge >= 0.3 is 0 Å². The van der Waals surface area contributed by atoms with E-state index in [1.165, 1.54) is 0 Å². The van der Waals surface area contributed by atoms with Crippen LogP contribution in [0.2, 0.25) is 0 Å². The Kier molecular flexibility index (Phi) is 2.04. The lowest BCUT2D eigenvalue weighted by molar-refractivity contribution is -0.123. The summed E-state index contributed by atoms with van der Waals surface area (Å²) in [6, 6.07) is 0. The molecule has 0 amide bonds. The van der Waals surface area contributed by atoms with Gasteiger partial charge in [-0.15, -0.1) is 0 Å². The van der Waals surface area contributed by atoms with Crippen LogP contribution in [-0.2, 0) is 4.79 Å². The molecule has 4 heteroatoms. The first-order valence-electron chi connectivity index (χ1n) is 4.84. The summed E-state index contributed by atoms with van der Waals surface area (Å²) in [6.07, 6.45) is 1.88. The summed E-state index contributed by atoms with van der Waals surface area (Å²) in [5.74, 6) is 0.169. The number of carbonyl (C=O) groups excluding carboxylic acids is 1. The van der Waals surface area contributed by atoms with E-state index in [2.05, 4.69) is 28.0 Å². The molecule has 2 bridgehead atoms. The molecule has 0 aromatic heterocycles. The number of halogens is 1. The summed E-state index contributed by atoms with van der Waals surface area (Å²) in [5.41, 5.74) is -0.0188. The summed E-state index contributed by atoms with van der Waals surface area (Å²) in [5, 5.41) is 12.8. The van der Waals surface area contributed by atoms with Gasteiger partial charge in [0, 0.05) is 16.7 Å². The molecule has 0 radical (unpaired) electrons. The maximum atomic E-state index is 12.0. The molecule has 0 saturated heterocycles. The van der Waals surface area contributed by atoms with Gasteiger partial charge in [0.1, 0.15) is 5.71 Å². The molecule has 1 N–H and O–H groups in total. The largest absolute Gasteiger partial charge is 0.411 e. The summed E-state index contributed by atoms with van der Waals surface area (Å²) in [7, 11) is 0. The first-order chi connectivity index (χ1) is 6.51. The second-order valence-electron chi connectivity index (χ2n) is 4.79. The molecule has 0 spiro atoms. The first kappa shape index (κ1) is 10.1. The number of hydrogen-bond donors (Lipinski definition) is 1. The van der Waals surface area contributed by atoms with E-state index in [0.29, 0.717) is 5.71 Å². The molecule has 0 aliphatic heterocycles. The highest BCUT2D eigenvalue weighted by atomic mass is 79.9. The van der Waals surface area contributed by atoms with Gasteiger partial charge in [-0.3, -0.25) is 4.79 Å². The molecule has 0 aromatic rings. The number of fused-ring (bicyclic) bond motifs is 2. The number of hydrogen-bond acceptors (Lipinski definition) is 3. The fraction of sp³-hybridized carbons (Fsp3) is 0.800. The van der Waals surface area contributed by atoms with Crippen LogP contribution in [0.25, 0.3) is 0 Å². The van der Waals surface area contributed by atoms with Crippen LogP contribution in [0, 0.1) is 16.7 Å². The predicted octanol–water partition coefficient (Wildman–Crippen LogP) is 2.22. The van der Waals surface area contributed by atoms with E-state index < -0.39 is 0 Å². The van der Waals surface area contributed by atoms with Crippen molar-refractivity contribution in [1.82, 2.24) is 0 Å². The van der Waals surface area contributed by atoms with Gasteiger partial charge in [-0.05, 0) is 18.3 Å². The van der Waals surface area contributed by atoms with E-state index in [1.54, 1.807) is 0 Å². The zero-order valence-electron chi connectivity index (χ0n) is 8.38. The monoisotopic (exact) mass is 259 g/mol. The molecule has 2 saturated carbocycles. The maximum absolute atomic E-state index is 12.0. The molecule has 2 rings (SSSR count). The minimum atomic E-state index is -0.331. The lowest BCUT2D eigenvalue weighted by Gasteiger charge is -2.33. The Morgan fingerprint density at radius 1 is 1.64 bits per heavy atom. The second-order valence-corrected chi connectivity index (χ2v) is 5.35. The topological polar surface area (TPSA) is 49.7 Å². The van der Waals surface area contributed by atoms with Gasteiger partial charge in [-0.2, -0.15) is 0 Å². The molecular weight excluding hydrogens is 246 g/mol. The summed E-state index contributed by atoms with van der Waals surface area (Å²) < 4.78 is 0. The van der Waals surface area contributed by atoms with Crippen molar-refractivity contribution in [2.45, 2.75) is 26.7 Å². The maximum Gasteiger partial charge on any atom is 0.187 e. The van der Waals surface area contributed by atoms with Crippen LogP contribution in [0.5, 0.6) is 0 Å². The van der Waals surface area contributed by atoms with Crippen molar-refractivity contribution in [1.29, 1.82) is 0 Å². The van der Waals surface area contributed by atoms with Crippen LogP contribution in [-0.4, -0.2) is 22.0 Å². The molecule has 2 aliphatic rings. The molecule has 3 nitrogen and oxygen atoms in total. The van der Waals surface area contributed by atoms with Gasteiger partial charge in [-0.1, -0.05) is 34.9 Å². The van der Waals surface area contributed by atoms with E-state index in [0.717, 1.165) is 18.2 Å². The highest BCUT2D eigenvalue weighted by molar-refractivity contribution is 9.09. The van der Waals surface area contributed by atoms with Gasteiger partial charge in [-0.25, -0.2) is 0 Å². The van der Waals surface area contributed by atoms with Crippen molar-refractivity contribution in [3.8, 4) is 0 Å². The first-order valence-corrected chi connectivity index (χ1v) is 5.96. The Balaban J connectivity index is 2.56. The fourth-order valence-electron chi connectivity index (χ4n) is 3.03. The molecule has 3 atom stereocenters. The number of carbonyl (C=O) groups is 1. The van der Waals surface area contributed by atoms with E-state index in [1.807, 2.05) is 6.92 Å². The Hall–Kier alpha value is -0.380. The number of Topliss-reactive ketones (excluding diaryl/α,β-unsaturated/α-hetero) is 1. The second kappa shape index (κ2) is 2.81. The average Bonchev–Trinajstić information content (AvgIpc) is 2.52. The van der Waals surface area contributed by atoms with Gasteiger partial charge in [0.15, 0.2) is 5.78 Å². The number of rotatable bonds is 1. The average molecular weight is 260 g/mol. The number of ketones is 1. The molecule has 14 heavy (non-hydrogen) atoms. The Labute approximate surface area is 91.7 Å². The standard InChI is InChI=1S/C10H14BrNO2/c1-9-4-3-6(10(9,2)5-11)7(12-14)8(9)13/h6,14H,3-5H2,1-2H3/b12-7+/t6-,9+,10+/m0/s1. The van der Waals surface area contributed by atoms with Crippen molar-refractivity contribution >= 4 is 27.4 Å². The van der Waals surface area contributed by atoms with Gasteiger partial charge < -0.3 is 5.21 Å². The molecule has 78 valence electrons. The minimum absolute atomic E-state index is 0.0400. The number of alkyl halides is 1. The van der Waals surface area contributed by atoms with Gasteiger partial charge in [0.25, 0.3) is 0 Å². The molecule has 2 aliphatic carbocycles. The van der Waals surface area contributed by atoms with Crippen LogP contribution in [0.3, 0.4) is 0 Å². The van der Waals surface area contributed by atoms with Crippen LogP contribution in [0.1, 0.15) is 26.7 Å². The summed E-state index contributed by atoms with van der Waals surface area (Å²) in [4.78, 5) is 12.0. The molecular formula is C10H14BrNO2. The van der Waals surface area contributed by atoms with Crippen LogP contribution >= 0.6 is 15.9 Å². The van der Waals surface area contributed by atoms with Crippen LogP contribution < -0.4 is 0 Å². The smallest absolute Gasteiger partial charge is 0.187 e. The normalized spacial score (nSPS) is 49.2. The van der Waals surface area contributed by atoms with E-state index in [4.69, 9.17) is 5.21 Å². The third-order valence-corrected chi connectivity index (χ3v) is 5.58. The number of oxime groups is 1. The SMILES string of the molecule is C[C@@]12CC[C@@H](/C(=N\O)C1=O)[C@@]2(C)CBr. The lowest BCUT2D eigenvalue weighted by atomic mass is 9.70. The fourth-order valence-corrected chi connectivity index (χ4v) is 4.04. The quantitative estimate of drug-likeness (QED) is 0.446. The van der Waals surface area contributed by atoms with Gasteiger partial charge in [0.05, 0.1) is 0 Å². The Bertz CT molecular complexity index is 328. The summed E-state index contributed by atoms with van der Waals surface area (Å²) >= 11 is 3.48. The highest BCUT2D eigenvalue weighted by Crippen LogP contribution is 2.63. The molecule has 0 unspecified atom stereocenters. The van der Waals surface area contributed by atoms with Crippen molar-refractivity contribution < 1.29 is 10.0 Å². The summed E-state index contributed by atoms with van der Waals surface area (Å²) in [6.45, 7) is 4.10. The Morgan fingerprint density at radius 2 is 2.29 bits per heavy atom. The van der Waals surface area contributed by atoms with E-state index in [-0.39, 0.29) is 22.5 Å². The van der Waals surface area contributed by atoms with Gasteiger partial charge in [0.2, 0.25) is 0 Å². The minimum Gasteiger partial charge on any atom is -0.411 e. The van der Waals surface area contributed by atoms with Crippen LogP contribution in [0.4, 0.5) is 0 Å².